The Morgan fingerprint density at radius 3 is 2.67 bits per heavy atom. The van der Waals surface area contributed by atoms with Crippen LogP contribution in [0.3, 0.4) is 0 Å². The number of nitrogens with zero attached hydrogens (tertiary/aromatic N) is 2. The topological polar surface area (TPSA) is 55.6 Å². The molecular formula is C15H12F3N3O2S. The third-order valence-electron chi connectivity index (χ3n) is 3.29. The molecule has 0 radical (unpaired) electrons. The molecule has 9 heteroatoms. The first-order valence-electron chi connectivity index (χ1n) is 6.84. The summed E-state index contributed by atoms with van der Waals surface area (Å²) in [6.45, 7) is -1.40. The number of methoxy groups -OCH3 is 1. The van der Waals surface area contributed by atoms with Crippen molar-refractivity contribution in [1.82, 2.24) is 14.7 Å². The molecule has 0 atom stereocenters. The van der Waals surface area contributed by atoms with Crippen LogP contribution >= 0.6 is 11.3 Å². The van der Waals surface area contributed by atoms with E-state index in [1.807, 2.05) is 5.32 Å². The lowest BCUT2D eigenvalue weighted by atomic mass is 10.1. The first-order valence-corrected chi connectivity index (χ1v) is 7.72. The standard InChI is InChI=1S/C15H12F3N3O2S/c1-23-10-4-2-9(3-5-10)12-11(13(22)19-8-15(16,17)18)20-14-21(12)6-7-24-14/h2-7H,8H2,1H3,(H,19,22). The summed E-state index contributed by atoms with van der Waals surface area (Å²) >= 11 is 1.29. The number of aromatic nitrogens is 2. The summed E-state index contributed by atoms with van der Waals surface area (Å²) < 4.78 is 43.8. The average molecular weight is 355 g/mol. The molecule has 0 saturated carbocycles. The van der Waals surface area contributed by atoms with Crippen molar-refractivity contribution in [2.24, 2.45) is 0 Å². The normalized spacial score (nSPS) is 11.7. The Balaban J connectivity index is 2.01. The number of halogens is 3. The van der Waals surface area contributed by atoms with Crippen LogP contribution < -0.4 is 10.1 Å². The van der Waals surface area contributed by atoms with Gasteiger partial charge in [0.05, 0.1) is 12.8 Å². The lowest BCUT2D eigenvalue weighted by Gasteiger charge is -2.09. The minimum absolute atomic E-state index is 0.0451. The minimum Gasteiger partial charge on any atom is -0.497 e. The molecule has 3 aromatic rings. The zero-order chi connectivity index (χ0) is 17.3. The van der Waals surface area contributed by atoms with Gasteiger partial charge in [-0.2, -0.15) is 13.2 Å². The minimum atomic E-state index is -4.48. The second kappa shape index (κ2) is 6.16. The second-order valence-electron chi connectivity index (χ2n) is 4.89. The molecule has 0 bridgehead atoms. The van der Waals surface area contributed by atoms with E-state index in [0.717, 1.165) is 0 Å². The molecule has 1 amide bonds. The number of benzene rings is 1. The molecular weight excluding hydrogens is 343 g/mol. The van der Waals surface area contributed by atoms with Gasteiger partial charge in [-0.15, -0.1) is 11.3 Å². The molecule has 0 saturated heterocycles. The molecule has 1 aromatic carbocycles. The summed E-state index contributed by atoms with van der Waals surface area (Å²) in [6, 6.07) is 6.86. The molecule has 3 rings (SSSR count). The van der Waals surface area contributed by atoms with Gasteiger partial charge in [0.25, 0.3) is 5.91 Å². The molecule has 0 aliphatic carbocycles. The largest absolute Gasteiger partial charge is 0.497 e. The van der Waals surface area contributed by atoms with E-state index >= 15 is 0 Å². The van der Waals surface area contributed by atoms with E-state index < -0.39 is 18.6 Å². The summed E-state index contributed by atoms with van der Waals surface area (Å²) in [5.41, 5.74) is 1.05. The fourth-order valence-electron chi connectivity index (χ4n) is 2.23. The highest BCUT2D eigenvalue weighted by Gasteiger charge is 2.29. The highest BCUT2D eigenvalue weighted by atomic mass is 32.1. The molecule has 0 aliphatic rings. The van der Waals surface area contributed by atoms with Crippen molar-refractivity contribution < 1.29 is 22.7 Å². The maximum absolute atomic E-state index is 12.3. The number of alkyl halides is 3. The number of ether oxygens (including phenoxy) is 1. The van der Waals surface area contributed by atoms with Gasteiger partial charge < -0.3 is 10.1 Å². The van der Waals surface area contributed by atoms with Crippen LogP contribution in [-0.2, 0) is 0 Å². The number of carbonyl (C=O) groups is 1. The number of hydrogen-bond acceptors (Lipinski definition) is 4. The van der Waals surface area contributed by atoms with Gasteiger partial charge in [0.15, 0.2) is 10.7 Å². The van der Waals surface area contributed by atoms with Crippen molar-refractivity contribution in [3.8, 4) is 17.0 Å². The van der Waals surface area contributed by atoms with Crippen molar-refractivity contribution in [3.05, 3.63) is 41.5 Å². The zero-order valence-corrected chi connectivity index (χ0v) is 13.2. The van der Waals surface area contributed by atoms with E-state index in [4.69, 9.17) is 4.74 Å². The third-order valence-corrected chi connectivity index (χ3v) is 4.05. The third kappa shape index (κ3) is 3.21. The van der Waals surface area contributed by atoms with Gasteiger partial charge >= 0.3 is 6.18 Å². The number of carbonyl (C=O) groups excluding carboxylic acids is 1. The molecule has 0 aliphatic heterocycles. The lowest BCUT2D eigenvalue weighted by Crippen LogP contribution is -2.34. The number of fused-ring (bicyclic) bond motifs is 1. The number of thiazole rings is 1. The zero-order valence-electron chi connectivity index (χ0n) is 12.4. The Kier molecular flexibility index (Phi) is 4.18. The van der Waals surface area contributed by atoms with E-state index in [2.05, 4.69) is 4.98 Å². The lowest BCUT2D eigenvalue weighted by molar-refractivity contribution is -0.123. The summed E-state index contributed by atoms with van der Waals surface area (Å²) in [5, 5.41) is 3.65. The van der Waals surface area contributed by atoms with Crippen molar-refractivity contribution in [1.29, 1.82) is 0 Å². The fourth-order valence-corrected chi connectivity index (χ4v) is 2.95. The van der Waals surface area contributed by atoms with Crippen LogP contribution in [0.1, 0.15) is 10.5 Å². The summed E-state index contributed by atoms with van der Waals surface area (Å²) in [6.07, 6.45) is -2.76. The van der Waals surface area contributed by atoms with Gasteiger partial charge in [0.2, 0.25) is 0 Å². The number of hydrogen-bond donors (Lipinski definition) is 1. The monoisotopic (exact) mass is 355 g/mol. The highest BCUT2D eigenvalue weighted by Crippen LogP contribution is 2.29. The van der Waals surface area contributed by atoms with Gasteiger partial charge in [0.1, 0.15) is 12.3 Å². The van der Waals surface area contributed by atoms with Crippen molar-refractivity contribution in [3.63, 3.8) is 0 Å². The maximum atomic E-state index is 12.3. The van der Waals surface area contributed by atoms with E-state index in [9.17, 15) is 18.0 Å². The van der Waals surface area contributed by atoms with Crippen molar-refractivity contribution in [2.45, 2.75) is 6.18 Å². The van der Waals surface area contributed by atoms with Crippen LogP contribution in [0.5, 0.6) is 5.75 Å². The summed E-state index contributed by atoms with van der Waals surface area (Å²) in [4.78, 5) is 16.9. The van der Waals surface area contributed by atoms with Crippen molar-refractivity contribution >= 4 is 22.2 Å². The molecule has 2 aromatic heterocycles. The molecule has 0 unspecified atom stereocenters. The van der Waals surface area contributed by atoms with Gasteiger partial charge in [-0.1, -0.05) is 0 Å². The van der Waals surface area contributed by atoms with Crippen LogP contribution in [0.15, 0.2) is 35.8 Å². The van der Waals surface area contributed by atoms with Gasteiger partial charge in [-0.25, -0.2) is 4.98 Å². The molecule has 0 fully saturated rings. The molecule has 126 valence electrons. The average Bonchev–Trinajstić information content (AvgIpc) is 3.12. The van der Waals surface area contributed by atoms with E-state index in [0.29, 0.717) is 22.0 Å². The predicted octanol–water partition coefficient (Wildman–Crippen LogP) is 3.36. The van der Waals surface area contributed by atoms with Crippen LogP contribution in [0, 0.1) is 0 Å². The van der Waals surface area contributed by atoms with Gasteiger partial charge in [-0.05, 0) is 24.3 Å². The smallest absolute Gasteiger partial charge is 0.405 e. The second-order valence-corrected chi connectivity index (χ2v) is 5.76. The van der Waals surface area contributed by atoms with Crippen LogP contribution in [0.4, 0.5) is 13.2 Å². The number of imidazole rings is 1. The highest BCUT2D eigenvalue weighted by molar-refractivity contribution is 7.15. The maximum Gasteiger partial charge on any atom is 0.405 e. The van der Waals surface area contributed by atoms with E-state index in [-0.39, 0.29) is 5.69 Å². The summed E-state index contributed by atoms with van der Waals surface area (Å²) in [5.74, 6) is -0.234. The SMILES string of the molecule is COc1ccc(-c2c(C(=O)NCC(F)(F)F)nc3sccn23)cc1. The molecule has 1 N–H and O–H groups in total. The molecule has 2 heterocycles. The van der Waals surface area contributed by atoms with Crippen LogP contribution in [-0.4, -0.2) is 35.1 Å². The van der Waals surface area contributed by atoms with Gasteiger partial charge in [-0.3, -0.25) is 9.20 Å². The Morgan fingerprint density at radius 1 is 1.33 bits per heavy atom. The Hall–Kier alpha value is -2.55. The Morgan fingerprint density at radius 2 is 2.04 bits per heavy atom. The first kappa shape index (κ1) is 16.3. The number of amides is 1. The molecule has 5 nitrogen and oxygen atoms in total. The van der Waals surface area contributed by atoms with Crippen LogP contribution in [0.25, 0.3) is 16.2 Å². The summed E-state index contributed by atoms with van der Waals surface area (Å²) in [7, 11) is 1.53. The molecule has 0 spiro atoms. The fraction of sp³-hybridized carbons (Fsp3) is 0.200. The predicted molar refractivity (Wildman–Crippen MR) is 83.4 cm³/mol. The van der Waals surface area contributed by atoms with E-state index in [1.54, 1.807) is 40.2 Å². The van der Waals surface area contributed by atoms with Crippen LogP contribution in [0.2, 0.25) is 0 Å². The number of nitrogens with one attached hydrogen (secondary N) is 1. The van der Waals surface area contributed by atoms with Crippen molar-refractivity contribution in [2.75, 3.05) is 13.7 Å². The Labute approximate surface area is 138 Å². The van der Waals surface area contributed by atoms with Gasteiger partial charge in [0, 0.05) is 17.1 Å². The number of rotatable bonds is 4. The Bertz CT molecular complexity index is 868. The molecule has 24 heavy (non-hydrogen) atoms. The first-order chi connectivity index (χ1) is 11.4. The quantitative estimate of drug-likeness (QED) is 0.781. The van der Waals surface area contributed by atoms with E-state index in [1.165, 1.54) is 18.4 Å².